The molecule has 0 bridgehead atoms. The molecule has 73 heavy (non-hydrogen) atoms. The molecule has 342 valence electrons. The zero-order valence-electron chi connectivity index (χ0n) is 40.0. The third-order valence-electron chi connectivity index (χ3n) is 15.2. The quantitative estimate of drug-likeness (QED) is 0.143. The predicted molar refractivity (Wildman–Crippen MR) is 305 cm³/mol. The molecular weight excluding hydrogens is 883 g/mol. The van der Waals surface area contributed by atoms with Gasteiger partial charge in [-0.05, 0) is 155 Å². The molecule has 13 aromatic rings. The molecule has 0 aliphatic heterocycles. The Balaban J connectivity index is 0.856. The molecule has 0 atom stereocenters. The van der Waals surface area contributed by atoms with Crippen molar-refractivity contribution in [3.05, 3.63) is 307 Å². The number of hydrogen-bond donors (Lipinski definition) is 0. The number of rotatable bonds is 9. The van der Waals surface area contributed by atoms with Gasteiger partial charge in [-0.1, -0.05) is 218 Å². The van der Waals surface area contributed by atoms with Gasteiger partial charge in [0.15, 0.2) is 0 Å². The van der Waals surface area contributed by atoms with Crippen molar-refractivity contribution in [3.63, 3.8) is 0 Å². The van der Waals surface area contributed by atoms with Crippen LogP contribution in [0.15, 0.2) is 290 Å². The summed E-state index contributed by atoms with van der Waals surface area (Å²) in [7, 11) is 0. The monoisotopic (exact) mass is 929 g/mol. The Labute approximate surface area is 425 Å². The van der Waals surface area contributed by atoms with E-state index in [1.807, 2.05) is 12.1 Å². The van der Waals surface area contributed by atoms with Crippen LogP contribution in [0.1, 0.15) is 22.3 Å². The van der Waals surface area contributed by atoms with Crippen LogP contribution in [0, 0.1) is 0 Å². The van der Waals surface area contributed by atoms with Gasteiger partial charge in [-0.15, -0.1) is 0 Å². The van der Waals surface area contributed by atoms with Gasteiger partial charge in [0.1, 0.15) is 11.2 Å². The second-order valence-corrected chi connectivity index (χ2v) is 19.2. The maximum atomic E-state index is 6.30. The van der Waals surface area contributed by atoms with E-state index < -0.39 is 5.41 Å². The van der Waals surface area contributed by atoms with E-state index in [2.05, 4.69) is 278 Å². The van der Waals surface area contributed by atoms with E-state index in [9.17, 15) is 0 Å². The summed E-state index contributed by atoms with van der Waals surface area (Å²) in [5, 5.41) is 4.76. The smallest absolute Gasteiger partial charge is 0.136 e. The Morgan fingerprint density at radius 1 is 0.274 bits per heavy atom. The van der Waals surface area contributed by atoms with Crippen molar-refractivity contribution in [1.82, 2.24) is 0 Å². The third-order valence-corrected chi connectivity index (χ3v) is 15.2. The lowest BCUT2D eigenvalue weighted by molar-refractivity contribution is 0.669. The molecule has 2 nitrogen and oxygen atoms in total. The minimum atomic E-state index is -0.463. The van der Waals surface area contributed by atoms with Crippen LogP contribution < -0.4 is 4.90 Å². The van der Waals surface area contributed by atoms with Crippen molar-refractivity contribution < 1.29 is 4.42 Å². The lowest BCUT2D eigenvalue weighted by Gasteiger charge is -2.34. The van der Waals surface area contributed by atoms with Gasteiger partial charge in [0.05, 0.1) is 5.41 Å². The van der Waals surface area contributed by atoms with E-state index in [4.69, 9.17) is 4.42 Å². The summed E-state index contributed by atoms with van der Waals surface area (Å²) < 4.78 is 6.30. The molecule has 14 rings (SSSR count). The van der Waals surface area contributed by atoms with Gasteiger partial charge in [0.25, 0.3) is 0 Å². The molecule has 1 aromatic heterocycles. The number of hydrogen-bond acceptors (Lipinski definition) is 2. The number of furan rings is 1. The molecule has 1 heterocycles. The van der Waals surface area contributed by atoms with Crippen LogP contribution in [-0.2, 0) is 5.41 Å². The van der Waals surface area contributed by atoms with Gasteiger partial charge in [0.2, 0.25) is 0 Å². The normalized spacial score (nSPS) is 12.5. The molecule has 0 fully saturated rings. The zero-order valence-corrected chi connectivity index (χ0v) is 40.0. The summed E-state index contributed by atoms with van der Waals surface area (Å²) in [5.41, 5.74) is 21.6. The number of benzene rings is 12. The highest BCUT2D eigenvalue weighted by molar-refractivity contribution is 6.06. The fraction of sp³-hybridized carbons (Fsp3) is 0.0141. The van der Waals surface area contributed by atoms with Crippen molar-refractivity contribution in [2.45, 2.75) is 5.41 Å². The number of fused-ring (bicyclic) bond motifs is 7. The molecule has 1 aliphatic rings. The zero-order chi connectivity index (χ0) is 48.3. The lowest BCUT2D eigenvalue weighted by atomic mass is 9.67. The van der Waals surface area contributed by atoms with E-state index in [-0.39, 0.29) is 0 Å². The maximum Gasteiger partial charge on any atom is 0.136 e. The van der Waals surface area contributed by atoms with Gasteiger partial charge in [-0.25, -0.2) is 0 Å². The maximum absolute atomic E-state index is 6.30. The molecule has 2 heteroatoms. The summed E-state index contributed by atoms with van der Waals surface area (Å²) in [5.74, 6) is 0. The standard InChI is InChI=1S/C71H47NO/c1-3-19-57(20-4-1)71(58-21-5-2-6-22-58)66-26-11-9-24-65(66)70-62(25-14-27-67(70)71)51-35-42-61(43-36-51)72(60-40-33-50(34-41-60)56-37-44-64-63-23-10-12-28-68(63)73-69(64)47-56)59-38-31-49(32-39-59)53-17-13-18-54(45-53)55-30-29-48-15-7-8-16-52(48)46-55/h1-47H. The topological polar surface area (TPSA) is 16.4 Å². The van der Waals surface area contributed by atoms with Crippen molar-refractivity contribution in [2.75, 3.05) is 4.90 Å². The first kappa shape index (κ1) is 42.4. The average molecular weight is 930 g/mol. The second-order valence-electron chi connectivity index (χ2n) is 19.2. The van der Waals surface area contributed by atoms with Crippen molar-refractivity contribution in [1.29, 1.82) is 0 Å². The van der Waals surface area contributed by atoms with E-state index >= 15 is 0 Å². The second kappa shape index (κ2) is 17.4. The minimum absolute atomic E-state index is 0.463. The molecule has 0 spiro atoms. The Morgan fingerprint density at radius 2 is 0.753 bits per heavy atom. The summed E-state index contributed by atoms with van der Waals surface area (Å²) in [6.45, 7) is 0. The van der Waals surface area contributed by atoms with Crippen LogP contribution in [0.2, 0.25) is 0 Å². The number of nitrogens with zero attached hydrogens (tertiary/aromatic N) is 1. The highest BCUT2D eigenvalue weighted by Gasteiger charge is 2.46. The van der Waals surface area contributed by atoms with Crippen LogP contribution in [0.3, 0.4) is 0 Å². The summed E-state index contributed by atoms with van der Waals surface area (Å²) >= 11 is 0. The Kier molecular flexibility index (Phi) is 10.1. The Bertz CT molecular complexity index is 4130. The van der Waals surface area contributed by atoms with Gasteiger partial charge in [-0.3, -0.25) is 0 Å². The first-order valence-corrected chi connectivity index (χ1v) is 25.1. The number of anilines is 3. The lowest BCUT2D eigenvalue weighted by Crippen LogP contribution is -2.28. The molecule has 0 saturated heterocycles. The van der Waals surface area contributed by atoms with Crippen LogP contribution in [0.25, 0.3) is 88.3 Å². The SMILES string of the molecule is c1ccc(C2(c3ccccc3)c3ccccc3-c3c(-c4ccc(N(c5ccc(-c6cccc(-c7ccc8ccccc8c7)c6)cc5)c5ccc(-c6ccc7c(c6)oc6ccccc67)cc5)cc4)cccc32)cc1. The van der Waals surface area contributed by atoms with Crippen LogP contribution in [0.4, 0.5) is 17.1 Å². The van der Waals surface area contributed by atoms with Gasteiger partial charge in [0, 0.05) is 27.8 Å². The largest absolute Gasteiger partial charge is 0.456 e. The Hall–Kier alpha value is -9.50. The van der Waals surface area contributed by atoms with E-state index in [0.29, 0.717) is 0 Å². The number of para-hydroxylation sites is 1. The first-order chi connectivity index (χ1) is 36.2. The van der Waals surface area contributed by atoms with Crippen molar-refractivity contribution >= 4 is 49.8 Å². The minimum Gasteiger partial charge on any atom is -0.456 e. The van der Waals surface area contributed by atoms with Gasteiger partial charge in [-0.2, -0.15) is 0 Å². The summed E-state index contributed by atoms with van der Waals surface area (Å²) in [6.07, 6.45) is 0. The van der Waals surface area contributed by atoms with E-state index in [1.165, 1.54) is 77.5 Å². The first-order valence-electron chi connectivity index (χ1n) is 25.1. The van der Waals surface area contributed by atoms with Gasteiger partial charge >= 0.3 is 0 Å². The third kappa shape index (κ3) is 7.10. The van der Waals surface area contributed by atoms with Crippen molar-refractivity contribution in [3.8, 4) is 55.6 Å². The van der Waals surface area contributed by atoms with Crippen LogP contribution in [-0.4, -0.2) is 0 Å². The fourth-order valence-electron chi connectivity index (χ4n) is 11.7. The molecule has 12 aromatic carbocycles. The molecule has 0 radical (unpaired) electrons. The molecule has 0 saturated carbocycles. The molecule has 0 N–H and O–H groups in total. The molecule has 0 amide bonds. The predicted octanol–water partition coefficient (Wildman–Crippen LogP) is 19.2. The molecule has 0 unspecified atom stereocenters. The molecular formula is C71H47NO. The summed E-state index contributed by atoms with van der Waals surface area (Å²) in [4.78, 5) is 2.37. The Morgan fingerprint density at radius 3 is 1.45 bits per heavy atom. The van der Waals surface area contributed by atoms with Crippen LogP contribution in [0.5, 0.6) is 0 Å². The highest BCUT2D eigenvalue weighted by atomic mass is 16.3. The molecule has 1 aliphatic carbocycles. The van der Waals surface area contributed by atoms with E-state index in [0.717, 1.165) is 50.1 Å². The van der Waals surface area contributed by atoms with Crippen LogP contribution >= 0.6 is 0 Å². The average Bonchev–Trinajstić information content (AvgIpc) is 4.00. The van der Waals surface area contributed by atoms with Gasteiger partial charge < -0.3 is 9.32 Å². The highest BCUT2D eigenvalue weighted by Crippen LogP contribution is 2.58. The van der Waals surface area contributed by atoms with E-state index in [1.54, 1.807) is 0 Å². The summed E-state index contributed by atoms with van der Waals surface area (Å²) in [6, 6.07) is 104. The fourth-order valence-corrected chi connectivity index (χ4v) is 11.7. The van der Waals surface area contributed by atoms with Crippen molar-refractivity contribution in [2.24, 2.45) is 0 Å².